The molecule has 2 heterocycles. The maximum absolute atomic E-state index is 12.7. The summed E-state index contributed by atoms with van der Waals surface area (Å²) in [6.45, 7) is 6.23. The van der Waals surface area contributed by atoms with Gasteiger partial charge in [0.1, 0.15) is 18.1 Å². The number of nitrogens with zero attached hydrogens (tertiary/aromatic N) is 2. The summed E-state index contributed by atoms with van der Waals surface area (Å²) in [6, 6.07) is 25.3. The first-order chi connectivity index (χ1) is 22.7. The zero-order chi connectivity index (χ0) is 33.3. The Morgan fingerprint density at radius 2 is 1.66 bits per heavy atom. The first kappa shape index (κ1) is 33.4. The summed E-state index contributed by atoms with van der Waals surface area (Å²) in [4.78, 5) is 25.1. The molecule has 0 aliphatic heterocycles. The number of aromatic nitrogens is 1. The fourth-order valence-electron chi connectivity index (χ4n) is 4.65. The van der Waals surface area contributed by atoms with Crippen LogP contribution in [0.1, 0.15) is 40.2 Å². The highest BCUT2D eigenvalue weighted by Crippen LogP contribution is 2.36. The minimum Gasteiger partial charge on any atom is -0.490 e. The Morgan fingerprint density at radius 3 is 2.36 bits per heavy atom. The molecular formula is C35H32BrClN4O6. The second kappa shape index (κ2) is 15.5. The molecule has 0 fully saturated rings. The number of carbonyl (C=O) groups is 2. The number of hydrazone groups is 1. The van der Waals surface area contributed by atoms with Gasteiger partial charge in [0.15, 0.2) is 23.9 Å². The highest BCUT2D eigenvalue weighted by molar-refractivity contribution is 9.10. The lowest BCUT2D eigenvalue weighted by molar-refractivity contribution is -0.118. The van der Waals surface area contributed by atoms with Gasteiger partial charge in [-0.2, -0.15) is 5.10 Å². The molecular weight excluding hydrogens is 688 g/mol. The van der Waals surface area contributed by atoms with Gasteiger partial charge in [-0.1, -0.05) is 11.6 Å². The minimum absolute atomic E-state index is 0.0893. The van der Waals surface area contributed by atoms with E-state index in [1.165, 1.54) is 6.21 Å². The molecule has 242 valence electrons. The van der Waals surface area contributed by atoms with Gasteiger partial charge < -0.3 is 28.5 Å². The molecule has 2 amide bonds. The number of furan rings is 1. The third kappa shape index (κ3) is 8.84. The van der Waals surface area contributed by atoms with Crippen molar-refractivity contribution in [3.63, 3.8) is 0 Å². The third-order valence-corrected chi connectivity index (χ3v) is 7.66. The molecule has 0 radical (unpaired) electrons. The molecule has 10 nitrogen and oxygen atoms in total. The van der Waals surface area contributed by atoms with E-state index in [-0.39, 0.29) is 24.9 Å². The number of nitrogens with one attached hydrogen (secondary N) is 2. The molecule has 0 aliphatic rings. The smallest absolute Gasteiger partial charge is 0.307 e. The number of benzene rings is 3. The van der Waals surface area contributed by atoms with Crippen molar-refractivity contribution in [1.82, 2.24) is 9.99 Å². The molecule has 0 bridgehead atoms. The molecule has 3 aromatic carbocycles. The number of halogens is 2. The van der Waals surface area contributed by atoms with Crippen LogP contribution in [0.2, 0.25) is 5.02 Å². The Balaban J connectivity index is 1.13. The van der Waals surface area contributed by atoms with Crippen LogP contribution in [0.5, 0.6) is 17.2 Å². The molecule has 0 atom stereocenters. The Morgan fingerprint density at radius 1 is 0.936 bits per heavy atom. The number of aryl methyl sites for hydroxylation is 2. The van der Waals surface area contributed by atoms with Crippen molar-refractivity contribution in [3.05, 3.63) is 123 Å². The predicted molar refractivity (Wildman–Crippen MR) is 184 cm³/mol. The molecule has 2 aromatic heterocycles. The van der Waals surface area contributed by atoms with Crippen molar-refractivity contribution in [2.45, 2.75) is 27.4 Å². The van der Waals surface area contributed by atoms with Crippen LogP contribution in [0.4, 0.5) is 5.69 Å². The average Bonchev–Trinajstić information content (AvgIpc) is 3.67. The molecule has 2 N–H and O–H groups in total. The maximum Gasteiger partial charge on any atom is 0.307 e. The van der Waals surface area contributed by atoms with Crippen molar-refractivity contribution < 1.29 is 28.2 Å². The summed E-state index contributed by atoms with van der Waals surface area (Å²) in [6.07, 6.45) is 1.45. The summed E-state index contributed by atoms with van der Waals surface area (Å²) in [5.41, 5.74) is 7.03. The van der Waals surface area contributed by atoms with Crippen LogP contribution < -0.4 is 25.0 Å². The van der Waals surface area contributed by atoms with E-state index in [0.717, 1.165) is 17.1 Å². The van der Waals surface area contributed by atoms with Crippen LogP contribution in [0.25, 0.3) is 5.69 Å². The summed E-state index contributed by atoms with van der Waals surface area (Å²) in [5.74, 6) is 1.13. The van der Waals surface area contributed by atoms with Crippen LogP contribution in [-0.2, 0) is 11.4 Å². The maximum atomic E-state index is 12.7. The van der Waals surface area contributed by atoms with Crippen molar-refractivity contribution in [1.29, 1.82) is 0 Å². The van der Waals surface area contributed by atoms with Gasteiger partial charge in [-0.15, -0.1) is 0 Å². The van der Waals surface area contributed by atoms with Crippen LogP contribution in [0.3, 0.4) is 0 Å². The van der Waals surface area contributed by atoms with Crippen LogP contribution in [-0.4, -0.2) is 35.8 Å². The van der Waals surface area contributed by atoms with Gasteiger partial charge >= 0.3 is 5.91 Å². The molecule has 0 saturated heterocycles. The van der Waals surface area contributed by atoms with E-state index in [4.69, 9.17) is 30.2 Å². The number of ether oxygens (including phenoxy) is 3. The third-order valence-electron chi connectivity index (χ3n) is 6.82. The number of rotatable bonds is 13. The number of amides is 2. The number of anilines is 1. The lowest BCUT2D eigenvalue weighted by Crippen LogP contribution is -2.20. The van der Waals surface area contributed by atoms with Gasteiger partial charge in [0.05, 0.1) is 17.3 Å². The quantitative estimate of drug-likeness (QED) is 0.0946. The predicted octanol–water partition coefficient (Wildman–Crippen LogP) is 7.86. The van der Waals surface area contributed by atoms with Crippen molar-refractivity contribution >= 4 is 51.2 Å². The first-order valence-electron chi connectivity index (χ1n) is 14.6. The highest BCUT2D eigenvalue weighted by Gasteiger charge is 2.15. The lowest BCUT2D eigenvalue weighted by Gasteiger charge is -2.14. The van der Waals surface area contributed by atoms with E-state index in [9.17, 15) is 9.59 Å². The Hall–Kier alpha value is -5.00. The number of hydrogen-bond acceptors (Lipinski definition) is 7. The summed E-state index contributed by atoms with van der Waals surface area (Å²) < 4.78 is 25.7. The normalized spacial score (nSPS) is 11.0. The van der Waals surface area contributed by atoms with Crippen molar-refractivity contribution in [2.24, 2.45) is 5.10 Å². The Kier molecular flexibility index (Phi) is 11.0. The lowest BCUT2D eigenvalue weighted by atomic mass is 10.2. The molecule has 0 saturated carbocycles. The van der Waals surface area contributed by atoms with E-state index in [1.807, 2.05) is 31.2 Å². The SMILES string of the molecule is CCOc1cc(/C=N/NC(=O)c2ccc(COc3ccc(-n4c(C)ccc4C)cc3)o2)cc(Br)c1OCC(=O)Nc1ccc(Cl)cc1. The fraction of sp³-hybridized carbons (Fsp3) is 0.171. The Labute approximate surface area is 285 Å². The molecule has 47 heavy (non-hydrogen) atoms. The molecule has 12 heteroatoms. The van der Waals surface area contributed by atoms with E-state index >= 15 is 0 Å². The Bertz CT molecular complexity index is 1860. The zero-order valence-electron chi connectivity index (χ0n) is 25.9. The molecule has 0 spiro atoms. The number of hydrogen-bond donors (Lipinski definition) is 2. The first-order valence-corrected chi connectivity index (χ1v) is 15.8. The van der Waals surface area contributed by atoms with E-state index < -0.39 is 5.91 Å². The van der Waals surface area contributed by atoms with Gasteiger partial charge in [0.25, 0.3) is 5.91 Å². The van der Waals surface area contributed by atoms with Gasteiger partial charge in [0, 0.05) is 27.8 Å². The van der Waals surface area contributed by atoms with Gasteiger partial charge in [-0.05, 0) is 127 Å². The standard InChI is InChI=1S/C35H32BrClN4O6/c1-4-44-32-18-24(17-30(36)34(32)46-21-33(42)39-26-9-7-25(37)8-10-26)19-38-40-35(43)31-16-15-29(47-31)20-45-28-13-11-27(12-14-28)41-22(2)5-6-23(41)3/h5-19H,4,20-21H2,1-3H3,(H,39,42)(H,40,43)/b38-19+. The average molecular weight is 720 g/mol. The molecule has 5 rings (SSSR count). The van der Waals surface area contributed by atoms with Crippen LogP contribution in [0.15, 0.2) is 98.9 Å². The largest absolute Gasteiger partial charge is 0.490 e. The second-order valence-electron chi connectivity index (χ2n) is 10.3. The second-order valence-corrected chi connectivity index (χ2v) is 11.6. The van der Waals surface area contributed by atoms with Crippen molar-refractivity contribution in [3.8, 4) is 22.9 Å². The van der Waals surface area contributed by atoms with Gasteiger partial charge in [-0.25, -0.2) is 5.43 Å². The van der Waals surface area contributed by atoms with Gasteiger partial charge in [0.2, 0.25) is 0 Å². The molecule has 5 aromatic rings. The topological polar surface area (TPSA) is 116 Å². The fourth-order valence-corrected chi connectivity index (χ4v) is 5.35. The minimum atomic E-state index is -0.523. The molecule has 0 unspecified atom stereocenters. The van der Waals surface area contributed by atoms with Crippen molar-refractivity contribution in [2.75, 3.05) is 18.5 Å². The van der Waals surface area contributed by atoms with Crippen LogP contribution in [0, 0.1) is 13.8 Å². The number of carbonyl (C=O) groups excluding carboxylic acids is 2. The van der Waals surface area contributed by atoms with E-state index in [2.05, 4.69) is 62.3 Å². The summed E-state index contributed by atoms with van der Waals surface area (Å²) in [5, 5.41) is 7.37. The van der Waals surface area contributed by atoms with E-state index in [0.29, 0.717) is 50.4 Å². The summed E-state index contributed by atoms with van der Waals surface area (Å²) in [7, 11) is 0. The summed E-state index contributed by atoms with van der Waals surface area (Å²) >= 11 is 9.37. The monoisotopic (exact) mass is 718 g/mol. The van der Waals surface area contributed by atoms with E-state index in [1.54, 1.807) is 48.5 Å². The van der Waals surface area contributed by atoms with Gasteiger partial charge in [-0.3, -0.25) is 9.59 Å². The van der Waals surface area contributed by atoms with Crippen LogP contribution >= 0.6 is 27.5 Å². The zero-order valence-corrected chi connectivity index (χ0v) is 28.2. The highest BCUT2D eigenvalue weighted by atomic mass is 79.9. The molecule has 0 aliphatic carbocycles.